The molecule has 1 aromatic carbocycles. The van der Waals surface area contributed by atoms with E-state index >= 15 is 0 Å². The highest BCUT2D eigenvalue weighted by Gasteiger charge is 2.29. The quantitative estimate of drug-likeness (QED) is 0.836. The summed E-state index contributed by atoms with van der Waals surface area (Å²) in [7, 11) is 2.92. The molecular formula is C13H16FNO3. The van der Waals surface area contributed by atoms with E-state index in [1.807, 2.05) is 0 Å². The second-order valence-electron chi connectivity index (χ2n) is 4.36. The van der Waals surface area contributed by atoms with Gasteiger partial charge in [0.25, 0.3) is 0 Å². The first-order valence-electron chi connectivity index (χ1n) is 5.81. The maximum atomic E-state index is 13.4. The van der Waals surface area contributed by atoms with Gasteiger partial charge in [0.2, 0.25) is 0 Å². The molecule has 1 aliphatic carbocycles. The van der Waals surface area contributed by atoms with Gasteiger partial charge in [-0.15, -0.1) is 0 Å². The molecule has 1 fully saturated rings. The van der Waals surface area contributed by atoms with Gasteiger partial charge < -0.3 is 14.8 Å². The topological polar surface area (TPSA) is 47.6 Å². The van der Waals surface area contributed by atoms with Gasteiger partial charge in [0.1, 0.15) is 5.82 Å². The highest BCUT2D eigenvalue weighted by molar-refractivity contribution is 5.90. The van der Waals surface area contributed by atoms with Crippen molar-refractivity contribution >= 4 is 11.7 Å². The molecular weight excluding hydrogens is 237 g/mol. The zero-order valence-corrected chi connectivity index (χ0v) is 10.4. The molecule has 0 aliphatic heterocycles. The number of ether oxygens (including phenoxy) is 2. The van der Waals surface area contributed by atoms with Gasteiger partial charge in [-0.25, -0.2) is 9.18 Å². The van der Waals surface area contributed by atoms with Crippen LogP contribution in [-0.2, 0) is 9.47 Å². The number of benzene rings is 1. The van der Waals surface area contributed by atoms with Gasteiger partial charge in [0.15, 0.2) is 0 Å². The Labute approximate surface area is 105 Å². The second-order valence-corrected chi connectivity index (χ2v) is 4.36. The number of anilines is 1. The highest BCUT2D eigenvalue weighted by Crippen LogP contribution is 2.27. The predicted octanol–water partition coefficient (Wildman–Crippen LogP) is 2.20. The summed E-state index contributed by atoms with van der Waals surface area (Å²) in [5, 5.41) is 3.23. The lowest BCUT2D eigenvalue weighted by atomic mass is 9.89. The molecule has 0 aromatic heterocycles. The van der Waals surface area contributed by atoms with Crippen molar-refractivity contribution in [2.24, 2.45) is 0 Å². The van der Waals surface area contributed by atoms with Crippen LogP contribution in [-0.4, -0.2) is 32.3 Å². The zero-order valence-electron chi connectivity index (χ0n) is 10.4. The third-order valence-corrected chi connectivity index (χ3v) is 3.17. The summed E-state index contributed by atoms with van der Waals surface area (Å²) in [6, 6.07) is 4.66. The molecule has 4 nitrogen and oxygen atoms in total. The van der Waals surface area contributed by atoms with E-state index in [4.69, 9.17) is 4.74 Å². The number of esters is 1. The largest absolute Gasteiger partial charge is 0.465 e. The average molecular weight is 253 g/mol. The lowest BCUT2D eigenvalue weighted by Gasteiger charge is -2.35. The van der Waals surface area contributed by atoms with Crippen molar-refractivity contribution in [1.82, 2.24) is 0 Å². The Balaban J connectivity index is 2.04. The summed E-state index contributed by atoms with van der Waals surface area (Å²) < 4.78 is 23.1. The Bertz CT molecular complexity index is 444. The fourth-order valence-electron chi connectivity index (χ4n) is 1.99. The van der Waals surface area contributed by atoms with E-state index in [2.05, 4.69) is 10.1 Å². The molecule has 0 atom stereocenters. The van der Waals surface area contributed by atoms with E-state index < -0.39 is 11.8 Å². The fraction of sp³-hybridized carbons (Fsp3) is 0.462. The first kappa shape index (κ1) is 12.8. The van der Waals surface area contributed by atoms with Crippen LogP contribution >= 0.6 is 0 Å². The Morgan fingerprint density at radius 3 is 2.72 bits per heavy atom. The van der Waals surface area contributed by atoms with Crippen LogP contribution in [0.2, 0.25) is 0 Å². The summed E-state index contributed by atoms with van der Waals surface area (Å²) >= 11 is 0. The lowest BCUT2D eigenvalue weighted by Crippen LogP contribution is -2.40. The number of carbonyl (C=O) groups excluding carboxylic acids is 1. The van der Waals surface area contributed by atoms with Crippen LogP contribution < -0.4 is 5.32 Å². The molecule has 5 heteroatoms. The van der Waals surface area contributed by atoms with E-state index in [9.17, 15) is 9.18 Å². The molecule has 0 saturated heterocycles. The van der Waals surface area contributed by atoms with Gasteiger partial charge in [0.05, 0.1) is 18.8 Å². The van der Waals surface area contributed by atoms with Crippen LogP contribution in [0.15, 0.2) is 18.2 Å². The highest BCUT2D eigenvalue weighted by atomic mass is 19.1. The van der Waals surface area contributed by atoms with Gasteiger partial charge in [-0.2, -0.15) is 0 Å². The molecule has 1 saturated carbocycles. The maximum absolute atomic E-state index is 13.4. The Kier molecular flexibility index (Phi) is 3.81. The maximum Gasteiger partial charge on any atom is 0.340 e. The standard InChI is InChI=1S/C13H16FNO3/c1-17-10-5-9(6-10)15-8-3-4-12(14)11(7-8)13(16)18-2/h3-4,7,9-10,15H,5-6H2,1-2H3. The van der Waals surface area contributed by atoms with Crippen LogP contribution in [0.3, 0.4) is 0 Å². The van der Waals surface area contributed by atoms with Crippen LogP contribution in [0.25, 0.3) is 0 Å². The molecule has 0 amide bonds. The van der Waals surface area contributed by atoms with Crippen molar-refractivity contribution in [2.45, 2.75) is 25.0 Å². The first-order chi connectivity index (χ1) is 8.63. The molecule has 0 bridgehead atoms. The number of rotatable bonds is 4. The molecule has 1 aromatic rings. The minimum absolute atomic E-state index is 0.0508. The van der Waals surface area contributed by atoms with Crippen LogP contribution in [0.4, 0.5) is 10.1 Å². The van der Waals surface area contributed by atoms with Crippen molar-refractivity contribution in [2.75, 3.05) is 19.5 Å². The Hall–Kier alpha value is -1.62. The summed E-state index contributed by atoms with van der Waals surface area (Å²) in [5.41, 5.74) is 0.668. The minimum atomic E-state index is -0.667. The lowest BCUT2D eigenvalue weighted by molar-refractivity contribution is 0.0328. The smallest absolute Gasteiger partial charge is 0.340 e. The number of nitrogens with one attached hydrogen (secondary N) is 1. The van der Waals surface area contributed by atoms with E-state index in [1.165, 1.54) is 19.2 Å². The van der Waals surface area contributed by atoms with Gasteiger partial charge in [-0.1, -0.05) is 0 Å². The van der Waals surface area contributed by atoms with Crippen molar-refractivity contribution in [3.63, 3.8) is 0 Å². The van der Waals surface area contributed by atoms with Gasteiger partial charge >= 0.3 is 5.97 Å². The van der Waals surface area contributed by atoms with Crippen LogP contribution in [0, 0.1) is 5.82 Å². The average Bonchev–Trinajstić information content (AvgIpc) is 2.34. The van der Waals surface area contributed by atoms with Gasteiger partial charge in [-0.3, -0.25) is 0 Å². The molecule has 18 heavy (non-hydrogen) atoms. The van der Waals surface area contributed by atoms with E-state index in [0.717, 1.165) is 18.5 Å². The number of carbonyl (C=O) groups is 1. The molecule has 0 spiro atoms. The van der Waals surface area contributed by atoms with Crippen molar-refractivity contribution < 1.29 is 18.7 Å². The van der Waals surface area contributed by atoms with E-state index in [1.54, 1.807) is 13.2 Å². The monoisotopic (exact) mass is 253 g/mol. The first-order valence-corrected chi connectivity index (χ1v) is 5.81. The summed E-state index contributed by atoms with van der Waals surface area (Å²) in [6.45, 7) is 0. The van der Waals surface area contributed by atoms with Crippen molar-refractivity contribution in [3.05, 3.63) is 29.6 Å². The molecule has 0 heterocycles. The second kappa shape index (κ2) is 5.35. The third kappa shape index (κ3) is 2.61. The number of hydrogen-bond acceptors (Lipinski definition) is 4. The molecule has 0 radical (unpaired) electrons. The minimum Gasteiger partial charge on any atom is -0.465 e. The summed E-state index contributed by atoms with van der Waals surface area (Å²) in [4.78, 5) is 11.3. The number of halogens is 1. The number of methoxy groups -OCH3 is 2. The van der Waals surface area contributed by atoms with Crippen LogP contribution in [0.1, 0.15) is 23.2 Å². The fourth-order valence-corrected chi connectivity index (χ4v) is 1.99. The SMILES string of the molecule is COC(=O)c1cc(NC2CC(OC)C2)ccc1F. The van der Waals surface area contributed by atoms with Crippen molar-refractivity contribution in [3.8, 4) is 0 Å². The van der Waals surface area contributed by atoms with Gasteiger partial charge in [0, 0.05) is 18.8 Å². The molecule has 1 aliphatic rings. The van der Waals surface area contributed by atoms with Crippen molar-refractivity contribution in [1.29, 1.82) is 0 Å². The van der Waals surface area contributed by atoms with Gasteiger partial charge in [-0.05, 0) is 31.0 Å². The summed E-state index contributed by atoms with van der Waals surface area (Å²) in [5.74, 6) is -1.24. The molecule has 2 rings (SSSR count). The molecule has 1 N–H and O–H groups in total. The van der Waals surface area contributed by atoms with E-state index in [0.29, 0.717) is 12.1 Å². The van der Waals surface area contributed by atoms with Crippen LogP contribution in [0.5, 0.6) is 0 Å². The molecule has 98 valence electrons. The Morgan fingerprint density at radius 1 is 1.39 bits per heavy atom. The normalized spacial score (nSPS) is 22.2. The number of hydrogen-bond donors (Lipinski definition) is 1. The zero-order chi connectivity index (χ0) is 13.1. The predicted molar refractivity (Wildman–Crippen MR) is 65.2 cm³/mol. The molecule has 0 unspecified atom stereocenters. The Morgan fingerprint density at radius 2 is 2.11 bits per heavy atom. The third-order valence-electron chi connectivity index (χ3n) is 3.17. The van der Waals surface area contributed by atoms with E-state index in [-0.39, 0.29) is 5.56 Å². The summed E-state index contributed by atoms with van der Waals surface area (Å²) in [6.07, 6.45) is 2.13.